The molecule has 0 saturated carbocycles. The normalized spacial score (nSPS) is 15.4. The summed E-state index contributed by atoms with van der Waals surface area (Å²) in [6.45, 7) is 3.61. The van der Waals surface area contributed by atoms with E-state index in [1.54, 1.807) is 11.8 Å². The molecule has 86 valence electrons. The van der Waals surface area contributed by atoms with Crippen LogP contribution >= 0.6 is 11.8 Å². The fraction of sp³-hybridized carbons (Fsp3) is 0.417. The number of hydrogen-bond donors (Lipinski definition) is 1. The first-order valence-electron chi connectivity index (χ1n) is 5.55. The second kappa shape index (κ2) is 5.80. The second-order valence-corrected chi connectivity index (χ2v) is 4.56. The van der Waals surface area contributed by atoms with Crippen LogP contribution in [-0.2, 0) is 0 Å². The van der Waals surface area contributed by atoms with E-state index < -0.39 is 0 Å². The Morgan fingerprint density at radius 1 is 1.50 bits per heavy atom. The third-order valence-corrected chi connectivity index (χ3v) is 3.19. The van der Waals surface area contributed by atoms with Gasteiger partial charge in [-0.1, -0.05) is 17.8 Å². The number of aliphatic imine (C=N–C) groups is 1. The van der Waals surface area contributed by atoms with Crippen molar-refractivity contribution in [3.8, 4) is 5.75 Å². The molecule has 1 N–H and O–H groups in total. The third-order valence-electron chi connectivity index (χ3n) is 2.19. The summed E-state index contributed by atoms with van der Waals surface area (Å²) in [6.07, 6.45) is 1.18. The molecule has 0 amide bonds. The molecule has 0 atom stereocenters. The number of rotatable bonds is 3. The summed E-state index contributed by atoms with van der Waals surface area (Å²) in [5, 5.41) is 4.33. The topological polar surface area (TPSA) is 33.6 Å². The van der Waals surface area contributed by atoms with Gasteiger partial charge in [-0.25, -0.2) is 0 Å². The Bertz CT molecular complexity index is 379. The maximum atomic E-state index is 5.45. The molecule has 1 aromatic carbocycles. The van der Waals surface area contributed by atoms with Gasteiger partial charge in [-0.3, -0.25) is 4.99 Å². The lowest BCUT2D eigenvalue weighted by molar-refractivity contribution is 0.340. The molecule has 4 heteroatoms. The van der Waals surface area contributed by atoms with E-state index in [2.05, 4.69) is 10.3 Å². The molecule has 1 aliphatic rings. The molecular formula is C12H16N2OS. The Morgan fingerprint density at radius 2 is 2.44 bits per heavy atom. The average molecular weight is 236 g/mol. The number of nitrogens with zero attached hydrogens (tertiary/aromatic N) is 1. The van der Waals surface area contributed by atoms with Crippen molar-refractivity contribution in [2.24, 2.45) is 4.99 Å². The van der Waals surface area contributed by atoms with E-state index in [9.17, 15) is 0 Å². The Hall–Kier alpha value is -1.16. The monoisotopic (exact) mass is 236 g/mol. The largest absolute Gasteiger partial charge is 0.494 e. The highest BCUT2D eigenvalue weighted by Crippen LogP contribution is 2.20. The summed E-state index contributed by atoms with van der Waals surface area (Å²) >= 11 is 1.78. The van der Waals surface area contributed by atoms with Crippen molar-refractivity contribution in [3.05, 3.63) is 24.3 Å². The van der Waals surface area contributed by atoms with Gasteiger partial charge in [-0.15, -0.1) is 0 Å². The van der Waals surface area contributed by atoms with Crippen LogP contribution in [0.15, 0.2) is 29.3 Å². The van der Waals surface area contributed by atoms with Crippen LogP contribution < -0.4 is 10.1 Å². The zero-order valence-corrected chi connectivity index (χ0v) is 10.2. The SMILES string of the molecule is CCOc1cccc(NC2=NCCCS2)c1. The molecule has 0 bridgehead atoms. The quantitative estimate of drug-likeness (QED) is 0.876. The Balaban J connectivity index is 2.02. The molecule has 0 unspecified atom stereocenters. The first-order chi connectivity index (χ1) is 7.88. The van der Waals surface area contributed by atoms with Gasteiger partial charge in [-0.2, -0.15) is 0 Å². The molecule has 1 aliphatic heterocycles. The Morgan fingerprint density at radius 3 is 3.19 bits per heavy atom. The molecule has 0 aromatic heterocycles. The van der Waals surface area contributed by atoms with Crippen LogP contribution in [0.1, 0.15) is 13.3 Å². The van der Waals surface area contributed by atoms with Gasteiger partial charge in [0.05, 0.1) is 6.61 Å². The van der Waals surface area contributed by atoms with Crippen molar-refractivity contribution in [1.82, 2.24) is 0 Å². The number of ether oxygens (including phenoxy) is 1. The van der Waals surface area contributed by atoms with Crippen LogP contribution in [0.5, 0.6) is 5.75 Å². The molecule has 0 aliphatic carbocycles. The Labute approximate surface area is 100 Å². The number of benzene rings is 1. The molecule has 2 rings (SSSR count). The first kappa shape index (κ1) is 11.3. The van der Waals surface area contributed by atoms with Crippen molar-refractivity contribution < 1.29 is 4.74 Å². The number of hydrogen-bond acceptors (Lipinski definition) is 4. The molecular weight excluding hydrogens is 220 g/mol. The maximum Gasteiger partial charge on any atom is 0.161 e. The summed E-state index contributed by atoms with van der Waals surface area (Å²) < 4.78 is 5.45. The number of thioether (sulfide) groups is 1. The highest BCUT2D eigenvalue weighted by Gasteiger charge is 2.06. The van der Waals surface area contributed by atoms with E-state index in [1.165, 1.54) is 6.42 Å². The summed E-state index contributed by atoms with van der Waals surface area (Å²) in [5.41, 5.74) is 1.04. The van der Waals surface area contributed by atoms with Gasteiger partial charge in [0.15, 0.2) is 5.17 Å². The highest BCUT2D eigenvalue weighted by molar-refractivity contribution is 8.14. The van der Waals surface area contributed by atoms with E-state index in [0.717, 1.165) is 28.9 Å². The van der Waals surface area contributed by atoms with Crippen LogP contribution in [0.25, 0.3) is 0 Å². The summed E-state index contributed by atoms with van der Waals surface area (Å²) in [5.74, 6) is 2.05. The van der Waals surface area contributed by atoms with Gasteiger partial charge < -0.3 is 10.1 Å². The fourth-order valence-corrected chi connectivity index (χ4v) is 2.33. The van der Waals surface area contributed by atoms with Crippen LogP contribution in [0.3, 0.4) is 0 Å². The lowest BCUT2D eigenvalue weighted by Crippen LogP contribution is -2.13. The maximum absolute atomic E-state index is 5.45. The fourth-order valence-electron chi connectivity index (χ4n) is 1.49. The van der Waals surface area contributed by atoms with Gasteiger partial charge in [0.25, 0.3) is 0 Å². The van der Waals surface area contributed by atoms with Crippen molar-refractivity contribution in [3.63, 3.8) is 0 Å². The van der Waals surface area contributed by atoms with Crippen LogP contribution in [0, 0.1) is 0 Å². The predicted molar refractivity (Wildman–Crippen MR) is 70.6 cm³/mol. The second-order valence-electron chi connectivity index (χ2n) is 3.47. The van der Waals surface area contributed by atoms with Crippen LogP contribution in [-0.4, -0.2) is 24.1 Å². The zero-order chi connectivity index (χ0) is 11.2. The van der Waals surface area contributed by atoms with Crippen molar-refractivity contribution >= 4 is 22.6 Å². The first-order valence-corrected chi connectivity index (χ1v) is 6.54. The number of anilines is 1. The van der Waals surface area contributed by atoms with Gasteiger partial charge in [0.1, 0.15) is 5.75 Å². The minimum Gasteiger partial charge on any atom is -0.494 e. The lowest BCUT2D eigenvalue weighted by atomic mass is 10.3. The summed E-state index contributed by atoms with van der Waals surface area (Å²) in [6, 6.07) is 7.98. The molecule has 3 nitrogen and oxygen atoms in total. The highest BCUT2D eigenvalue weighted by atomic mass is 32.2. The van der Waals surface area contributed by atoms with E-state index in [4.69, 9.17) is 4.74 Å². The van der Waals surface area contributed by atoms with Gasteiger partial charge in [0, 0.05) is 24.1 Å². The lowest BCUT2D eigenvalue weighted by Gasteiger charge is -2.13. The van der Waals surface area contributed by atoms with E-state index >= 15 is 0 Å². The van der Waals surface area contributed by atoms with E-state index in [1.807, 2.05) is 31.2 Å². The molecule has 0 spiro atoms. The van der Waals surface area contributed by atoms with Gasteiger partial charge >= 0.3 is 0 Å². The van der Waals surface area contributed by atoms with Gasteiger partial charge in [0.2, 0.25) is 0 Å². The van der Waals surface area contributed by atoms with E-state index in [0.29, 0.717) is 6.61 Å². The standard InChI is InChI=1S/C12H16N2OS/c1-2-15-11-6-3-5-10(9-11)14-12-13-7-4-8-16-12/h3,5-6,9H,2,4,7-8H2,1H3,(H,13,14). The summed E-state index contributed by atoms with van der Waals surface area (Å²) in [7, 11) is 0. The van der Waals surface area contributed by atoms with E-state index in [-0.39, 0.29) is 0 Å². The van der Waals surface area contributed by atoms with Crippen LogP contribution in [0.4, 0.5) is 5.69 Å². The smallest absolute Gasteiger partial charge is 0.161 e. The minimum atomic E-state index is 0.694. The van der Waals surface area contributed by atoms with Crippen LogP contribution in [0.2, 0.25) is 0 Å². The molecule has 1 aromatic rings. The average Bonchev–Trinajstić information content (AvgIpc) is 2.31. The number of nitrogens with one attached hydrogen (secondary N) is 1. The Kier molecular flexibility index (Phi) is 4.10. The van der Waals surface area contributed by atoms with Gasteiger partial charge in [-0.05, 0) is 25.5 Å². The summed E-state index contributed by atoms with van der Waals surface area (Å²) in [4.78, 5) is 4.43. The van der Waals surface area contributed by atoms with Crippen molar-refractivity contribution in [1.29, 1.82) is 0 Å². The predicted octanol–water partition coefficient (Wildman–Crippen LogP) is 2.99. The number of amidine groups is 1. The van der Waals surface area contributed by atoms with Crippen molar-refractivity contribution in [2.75, 3.05) is 24.2 Å². The molecule has 0 radical (unpaired) electrons. The zero-order valence-electron chi connectivity index (χ0n) is 9.40. The molecule has 0 fully saturated rings. The molecule has 16 heavy (non-hydrogen) atoms. The molecule has 1 heterocycles. The van der Waals surface area contributed by atoms with Crippen molar-refractivity contribution in [2.45, 2.75) is 13.3 Å². The third kappa shape index (κ3) is 3.17. The molecule has 0 saturated heterocycles. The minimum absolute atomic E-state index is 0.694.